The summed E-state index contributed by atoms with van der Waals surface area (Å²) < 4.78 is 5.80. The van der Waals surface area contributed by atoms with Crippen LogP contribution >= 0.6 is 35.1 Å². The molecule has 3 aromatic rings. The average Bonchev–Trinajstić information content (AvgIpc) is 3.24. The van der Waals surface area contributed by atoms with Gasteiger partial charge in [0.1, 0.15) is 5.76 Å². The summed E-state index contributed by atoms with van der Waals surface area (Å²) >= 11 is 8.68. The van der Waals surface area contributed by atoms with Crippen LogP contribution in [0.4, 0.5) is 5.69 Å². The van der Waals surface area contributed by atoms with Crippen molar-refractivity contribution >= 4 is 58.0 Å². The van der Waals surface area contributed by atoms with Gasteiger partial charge >= 0.3 is 0 Å². The molecule has 2 heterocycles. The monoisotopic (exact) mass is 412 g/mol. The summed E-state index contributed by atoms with van der Waals surface area (Å²) in [5.41, 5.74) is 0.725. The second-order valence-electron chi connectivity index (χ2n) is 5.53. The highest BCUT2D eigenvalue weighted by atomic mass is 35.5. The molecule has 0 atom stereocenters. The Kier molecular flexibility index (Phi) is 5.38. The minimum atomic E-state index is -0.193. The fourth-order valence-electron chi connectivity index (χ4n) is 2.31. The highest BCUT2D eigenvalue weighted by Crippen LogP contribution is 2.32. The molecule has 1 aromatic heterocycles. The number of amidine groups is 1. The Morgan fingerprint density at radius 2 is 1.81 bits per heavy atom. The molecule has 7 heteroatoms. The van der Waals surface area contributed by atoms with E-state index in [1.807, 2.05) is 42.5 Å². The Morgan fingerprint density at radius 1 is 1.04 bits per heavy atom. The van der Waals surface area contributed by atoms with Gasteiger partial charge in [-0.1, -0.05) is 41.6 Å². The normalized spacial score (nSPS) is 16.9. The van der Waals surface area contributed by atoms with E-state index in [-0.39, 0.29) is 5.91 Å². The third-order valence-electron chi connectivity index (χ3n) is 3.55. The van der Waals surface area contributed by atoms with Crippen molar-refractivity contribution in [2.45, 2.75) is 9.99 Å². The number of furan rings is 1. The standard InChI is InChI=1S/C20H13ClN2O2S2/c21-13-6-8-14(9-7-13)22-20-23-19(24)17(27-20)12-15-10-11-18(25-15)26-16-4-2-1-3-5-16/h1-12H,(H,22,23,24)/b17-12-. The molecule has 1 N–H and O–H groups in total. The third kappa shape index (κ3) is 4.66. The highest BCUT2D eigenvalue weighted by molar-refractivity contribution is 8.18. The van der Waals surface area contributed by atoms with Crippen molar-refractivity contribution in [3.05, 3.63) is 82.4 Å². The number of nitrogens with zero attached hydrogens (tertiary/aromatic N) is 1. The van der Waals surface area contributed by atoms with Crippen molar-refractivity contribution in [2.24, 2.45) is 4.99 Å². The molecule has 1 amide bonds. The number of hydrogen-bond donors (Lipinski definition) is 1. The minimum Gasteiger partial charge on any atom is -0.450 e. The molecule has 4 nitrogen and oxygen atoms in total. The van der Waals surface area contributed by atoms with E-state index in [0.717, 1.165) is 15.7 Å². The molecule has 0 unspecified atom stereocenters. The lowest BCUT2D eigenvalue weighted by Gasteiger charge is -1.96. The van der Waals surface area contributed by atoms with Gasteiger partial charge in [-0.05, 0) is 60.3 Å². The first-order chi connectivity index (χ1) is 13.2. The van der Waals surface area contributed by atoms with Crippen molar-refractivity contribution in [1.29, 1.82) is 0 Å². The van der Waals surface area contributed by atoms with E-state index in [9.17, 15) is 4.79 Å². The van der Waals surface area contributed by atoms with E-state index in [4.69, 9.17) is 16.0 Å². The summed E-state index contributed by atoms with van der Waals surface area (Å²) in [5.74, 6) is 0.431. The van der Waals surface area contributed by atoms with E-state index in [0.29, 0.717) is 20.9 Å². The van der Waals surface area contributed by atoms with Gasteiger partial charge in [-0.3, -0.25) is 4.79 Å². The fourth-order valence-corrected chi connectivity index (χ4v) is 4.06. The number of carbonyl (C=O) groups excluding carboxylic acids is 1. The van der Waals surface area contributed by atoms with Gasteiger partial charge in [-0.25, -0.2) is 4.99 Å². The minimum absolute atomic E-state index is 0.193. The van der Waals surface area contributed by atoms with Crippen LogP contribution in [-0.4, -0.2) is 11.1 Å². The maximum atomic E-state index is 12.2. The molecular formula is C20H13ClN2O2S2. The molecule has 2 aromatic carbocycles. The Bertz CT molecular complexity index is 1030. The number of hydrogen-bond acceptors (Lipinski definition) is 5. The zero-order valence-corrected chi connectivity index (χ0v) is 16.3. The summed E-state index contributed by atoms with van der Waals surface area (Å²) in [5, 5.41) is 4.70. The number of carbonyl (C=O) groups is 1. The van der Waals surface area contributed by atoms with Crippen molar-refractivity contribution in [1.82, 2.24) is 5.32 Å². The predicted octanol–water partition coefficient (Wildman–Crippen LogP) is 5.98. The molecule has 0 aliphatic carbocycles. The number of rotatable bonds is 4. The third-order valence-corrected chi connectivity index (χ3v) is 5.64. The first-order valence-electron chi connectivity index (χ1n) is 8.04. The van der Waals surface area contributed by atoms with E-state index in [2.05, 4.69) is 10.3 Å². The number of benzene rings is 2. The van der Waals surface area contributed by atoms with Gasteiger partial charge in [-0.2, -0.15) is 0 Å². The number of thioether (sulfide) groups is 1. The molecule has 0 radical (unpaired) electrons. The second-order valence-corrected chi connectivity index (χ2v) is 8.08. The van der Waals surface area contributed by atoms with Gasteiger partial charge in [0.05, 0.1) is 10.6 Å². The molecular weight excluding hydrogens is 400 g/mol. The smallest absolute Gasteiger partial charge is 0.264 e. The topological polar surface area (TPSA) is 54.6 Å². The number of amides is 1. The molecule has 134 valence electrons. The highest BCUT2D eigenvalue weighted by Gasteiger charge is 2.24. The lowest BCUT2D eigenvalue weighted by atomic mass is 10.3. The van der Waals surface area contributed by atoms with Crippen LogP contribution in [0.1, 0.15) is 5.76 Å². The van der Waals surface area contributed by atoms with Gasteiger partial charge in [0.15, 0.2) is 10.3 Å². The average molecular weight is 413 g/mol. The van der Waals surface area contributed by atoms with Gasteiger partial charge in [0.25, 0.3) is 5.91 Å². The maximum absolute atomic E-state index is 12.2. The Hall–Kier alpha value is -2.41. The van der Waals surface area contributed by atoms with Crippen LogP contribution in [-0.2, 0) is 4.79 Å². The Labute approximate surface area is 169 Å². The summed E-state index contributed by atoms with van der Waals surface area (Å²) in [6.07, 6.45) is 1.72. The summed E-state index contributed by atoms with van der Waals surface area (Å²) in [4.78, 5) is 18.2. The van der Waals surface area contributed by atoms with Crippen LogP contribution in [0.5, 0.6) is 0 Å². The van der Waals surface area contributed by atoms with E-state index < -0.39 is 0 Å². The molecule has 0 bridgehead atoms. The number of aliphatic imine (C=N–C) groups is 1. The van der Waals surface area contributed by atoms with Crippen LogP contribution < -0.4 is 5.32 Å². The molecule has 1 saturated heterocycles. The lowest BCUT2D eigenvalue weighted by Crippen LogP contribution is -2.19. The fraction of sp³-hybridized carbons (Fsp3) is 0. The number of nitrogens with one attached hydrogen (secondary N) is 1. The van der Waals surface area contributed by atoms with Crippen LogP contribution in [0.15, 0.2) is 91.0 Å². The van der Waals surface area contributed by atoms with Crippen LogP contribution in [0.2, 0.25) is 5.02 Å². The van der Waals surface area contributed by atoms with Crippen LogP contribution in [0.3, 0.4) is 0 Å². The molecule has 0 saturated carbocycles. The van der Waals surface area contributed by atoms with Crippen molar-refractivity contribution < 1.29 is 9.21 Å². The lowest BCUT2D eigenvalue weighted by molar-refractivity contribution is -0.115. The van der Waals surface area contributed by atoms with Gasteiger partial charge in [-0.15, -0.1) is 0 Å². The zero-order valence-electron chi connectivity index (χ0n) is 13.9. The van der Waals surface area contributed by atoms with E-state index in [1.54, 1.807) is 30.3 Å². The zero-order chi connectivity index (χ0) is 18.6. The van der Waals surface area contributed by atoms with E-state index >= 15 is 0 Å². The maximum Gasteiger partial charge on any atom is 0.264 e. The van der Waals surface area contributed by atoms with Crippen molar-refractivity contribution in [3.63, 3.8) is 0 Å². The van der Waals surface area contributed by atoms with E-state index in [1.165, 1.54) is 23.5 Å². The first kappa shape index (κ1) is 18.0. The van der Waals surface area contributed by atoms with Gasteiger partial charge in [0, 0.05) is 16.0 Å². The Balaban J connectivity index is 1.48. The number of halogens is 1. The van der Waals surface area contributed by atoms with Gasteiger partial charge < -0.3 is 9.73 Å². The van der Waals surface area contributed by atoms with Crippen molar-refractivity contribution in [3.8, 4) is 0 Å². The molecule has 0 spiro atoms. The molecule has 27 heavy (non-hydrogen) atoms. The van der Waals surface area contributed by atoms with Gasteiger partial charge in [0.2, 0.25) is 0 Å². The summed E-state index contributed by atoms with van der Waals surface area (Å²) in [7, 11) is 0. The SMILES string of the molecule is O=C1NC(=Nc2ccc(Cl)cc2)S/C1=C\c1ccc(Sc2ccccc2)o1. The molecule has 1 aliphatic heterocycles. The molecule has 1 fully saturated rings. The molecule has 1 aliphatic rings. The summed E-state index contributed by atoms with van der Waals surface area (Å²) in [6.45, 7) is 0. The van der Waals surface area contributed by atoms with Crippen molar-refractivity contribution in [2.75, 3.05) is 0 Å². The first-order valence-corrected chi connectivity index (χ1v) is 10.0. The second kappa shape index (κ2) is 8.08. The summed E-state index contributed by atoms with van der Waals surface area (Å²) in [6, 6.07) is 20.8. The largest absolute Gasteiger partial charge is 0.450 e. The predicted molar refractivity (Wildman–Crippen MR) is 112 cm³/mol. The molecule has 4 rings (SSSR count). The quantitative estimate of drug-likeness (QED) is 0.536. The Morgan fingerprint density at radius 3 is 2.59 bits per heavy atom. The van der Waals surface area contributed by atoms with Crippen LogP contribution in [0.25, 0.3) is 6.08 Å². The van der Waals surface area contributed by atoms with Crippen LogP contribution in [0, 0.1) is 0 Å².